The molecular weight excluding hydrogens is 254 g/mol. The first-order valence-electron chi connectivity index (χ1n) is 5.05. The SMILES string of the molecule is C=CCOCCCC(=O)NCC(F)(F)CN.Cl. The molecule has 17 heavy (non-hydrogen) atoms. The molecule has 7 heteroatoms. The van der Waals surface area contributed by atoms with Gasteiger partial charge >= 0.3 is 0 Å². The van der Waals surface area contributed by atoms with Crippen molar-refractivity contribution in [3.8, 4) is 0 Å². The molecule has 0 fully saturated rings. The smallest absolute Gasteiger partial charge is 0.277 e. The van der Waals surface area contributed by atoms with Crippen LogP contribution in [0.5, 0.6) is 0 Å². The van der Waals surface area contributed by atoms with Gasteiger partial charge in [0.25, 0.3) is 5.92 Å². The Balaban J connectivity index is 0. The normalized spacial score (nSPS) is 10.5. The van der Waals surface area contributed by atoms with Crippen molar-refractivity contribution in [2.24, 2.45) is 5.73 Å². The van der Waals surface area contributed by atoms with E-state index in [0.29, 0.717) is 19.6 Å². The molecule has 0 aromatic heterocycles. The summed E-state index contributed by atoms with van der Waals surface area (Å²) in [6, 6.07) is 0. The quantitative estimate of drug-likeness (QED) is 0.488. The Bertz CT molecular complexity index is 228. The van der Waals surface area contributed by atoms with Crippen molar-refractivity contribution < 1.29 is 18.3 Å². The summed E-state index contributed by atoms with van der Waals surface area (Å²) in [6.07, 6.45) is 2.26. The van der Waals surface area contributed by atoms with E-state index in [1.807, 2.05) is 0 Å². The highest BCUT2D eigenvalue weighted by molar-refractivity contribution is 5.85. The molecule has 0 aliphatic carbocycles. The molecule has 0 radical (unpaired) electrons. The monoisotopic (exact) mass is 272 g/mol. The molecule has 0 atom stereocenters. The second kappa shape index (κ2) is 10.4. The van der Waals surface area contributed by atoms with E-state index in [0.717, 1.165) is 0 Å². The third kappa shape index (κ3) is 11.5. The highest BCUT2D eigenvalue weighted by Gasteiger charge is 2.26. The Labute approximate surface area is 106 Å². The Hall–Kier alpha value is -0.720. The predicted molar refractivity (Wildman–Crippen MR) is 64.5 cm³/mol. The van der Waals surface area contributed by atoms with E-state index in [4.69, 9.17) is 10.5 Å². The van der Waals surface area contributed by atoms with Crippen molar-refractivity contribution in [1.29, 1.82) is 0 Å². The van der Waals surface area contributed by atoms with Gasteiger partial charge in [0.15, 0.2) is 0 Å². The largest absolute Gasteiger partial charge is 0.377 e. The highest BCUT2D eigenvalue weighted by Crippen LogP contribution is 2.08. The molecule has 0 aliphatic heterocycles. The van der Waals surface area contributed by atoms with Crippen molar-refractivity contribution in [2.75, 3.05) is 26.3 Å². The Kier molecular flexibility index (Phi) is 11.4. The maximum atomic E-state index is 12.6. The topological polar surface area (TPSA) is 64.3 Å². The van der Waals surface area contributed by atoms with Crippen LogP contribution in [0.25, 0.3) is 0 Å². The number of alkyl halides is 2. The molecule has 0 rings (SSSR count). The predicted octanol–water partition coefficient (Wildman–Crippen LogP) is 1.10. The Morgan fingerprint density at radius 3 is 2.71 bits per heavy atom. The van der Waals surface area contributed by atoms with E-state index in [-0.39, 0.29) is 18.8 Å². The van der Waals surface area contributed by atoms with Gasteiger partial charge < -0.3 is 15.8 Å². The van der Waals surface area contributed by atoms with E-state index in [1.165, 1.54) is 0 Å². The third-order valence-electron chi connectivity index (χ3n) is 1.77. The summed E-state index contributed by atoms with van der Waals surface area (Å²) in [5.41, 5.74) is 4.82. The first-order valence-corrected chi connectivity index (χ1v) is 5.05. The molecule has 0 heterocycles. The van der Waals surface area contributed by atoms with E-state index in [2.05, 4.69) is 11.9 Å². The molecule has 1 amide bonds. The van der Waals surface area contributed by atoms with Crippen molar-refractivity contribution in [2.45, 2.75) is 18.8 Å². The number of ether oxygens (including phenoxy) is 1. The third-order valence-corrected chi connectivity index (χ3v) is 1.77. The molecule has 0 saturated heterocycles. The van der Waals surface area contributed by atoms with Crippen LogP contribution in [0.1, 0.15) is 12.8 Å². The van der Waals surface area contributed by atoms with Gasteiger partial charge in [-0.05, 0) is 6.42 Å². The second-order valence-electron chi connectivity index (χ2n) is 3.30. The second-order valence-corrected chi connectivity index (χ2v) is 3.30. The fraction of sp³-hybridized carbons (Fsp3) is 0.700. The molecule has 0 spiro atoms. The van der Waals surface area contributed by atoms with Gasteiger partial charge in [-0.3, -0.25) is 4.79 Å². The van der Waals surface area contributed by atoms with Gasteiger partial charge in [0.2, 0.25) is 5.91 Å². The minimum absolute atomic E-state index is 0. The number of amides is 1. The van der Waals surface area contributed by atoms with Crippen LogP contribution in [0.3, 0.4) is 0 Å². The first-order chi connectivity index (χ1) is 7.52. The van der Waals surface area contributed by atoms with Crippen LogP contribution in [0.15, 0.2) is 12.7 Å². The average Bonchev–Trinajstić information content (AvgIpc) is 2.26. The summed E-state index contributed by atoms with van der Waals surface area (Å²) in [5, 5.41) is 2.12. The Morgan fingerprint density at radius 1 is 1.53 bits per heavy atom. The number of rotatable bonds is 9. The summed E-state index contributed by atoms with van der Waals surface area (Å²) in [4.78, 5) is 11.1. The summed E-state index contributed by atoms with van der Waals surface area (Å²) in [5.74, 6) is -3.45. The van der Waals surface area contributed by atoms with Gasteiger partial charge in [0.1, 0.15) is 0 Å². The lowest BCUT2D eigenvalue weighted by Gasteiger charge is -2.14. The highest BCUT2D eigenvalue weighted by atomic mass is 35.5. The molecule has 0 bridgehead atoms. The lowest BCUT2D eigenvalue weighted by molar-refractivity contribution is -0.123. The molecule has 0 unspecified atom stereocenters. The van der Waals surface area contributed by atoms with Gasteiger partial charge in [0, 0.05) is 13.0 Å². The zero-order chi connectivity index (χ0) is 12.4. The molecule has 3 N–H and O–H groups in total. The molecular formula is C10H19ClF2N2O2. The minimum atomic E-state index is -3.03. The van der Waals surface area contributed by atoms with Crippen LogP contribution < -0.4 is 11.1 Å². The van der Waals surface area contributed by atoms with Crippen LogP contribution in [0.4, 0.5) is 8.78 Å². The van der Waals surface area contributed by atoms with Gasteiger partial charge in [0.05, 0.1) is 19.7 Å². The van der Waals surface area contributed by atoms with Crippen molar-refractivity contribution in [3.05, 3.63) is 12.7 Å². The summed E-state index contributed by atoms with van der Waals surface area (Å²) in [6.45, 7) is 2.81. The van der Waals surface area contributed by atoms with Crippen molar-refractivity contribution >= 4 is 18.3 Å². The number of carbonyl (C=O) groups is 1. The van der Waals surface area contributed by atoms with Gasteiger partial charge in [-0.15, -0.1) is 19.0 Å². The number of halogens is 3. The zero-order valence-electron chi connectivity index (χ0n) is 9.59. The van der Waals surface area contributed by atoms with Crippen molar-refractivity contribution in [1.82, 2.24) is 5.32 Å². The number of nitrogens with one attached hydrogen (secondary N) is 1. The summed E-state index contributed by atoms with van der Waals surface area (Å²) >= 11 is 0. The van der Waals surface area contributed by atoms with Gasteiger partial charge in [-0.2, -0.15) is 0 Å². The summed E-state index contributed by atoms with van der Waals surface area (Å²) in [7, 11) is 0. The van der Waals surface area contributed by atoms with Gasteiger partial charge in [-0.1, -0.05) is 6.08 Å². The van der Waals surface area contributed by atoms with Gasteiger partial charge in [-0.25, -0.2) is 8.78 Å². The number of nitrogens with two attached hydrogens (primary N) is 1. The Morgan fingerprint density at radius 2 is 2.18 bits per heavy atom. The number of carbonyl (C=O) groups excluding carboxylic acids is 1. The van der Waals surface area contributed by atoms with Crippen LogP contribution >= 0.6 is 12.4 Å². The fourth-order valence-corrected chi connectivity index (χ4v) is 0.890. The number of hydrogen-bond acceptors (Lipinski definition) is 3. The summed E-state index contributed by atoms with van der Waals surface area (Å²) < 4.78 is 30.3. The minimum Gasteiger partial charge on any atom is -0.377 e. The maximum Gasteiger partial charge on any atom is 0.277 e. The van der Waals surface area contributed by atoms with Crippen LogP contribution in [0.2, 0.25) is 0 Å². The zero-order valence-corrected chi connectivity index (χ0v) is 10.4. The molecule has 0 aromatic carbocycles. The lowest BCUT2D eigenvalue weighted by Crippen LogP contribution is -2.41. The van der Waals surface area contributed by atoms with E-state index in [1.54, 1.807) is 6.08 Å². The van der Waals surface area contributed by atoms with Crippen LogP contribution in [-0.4, -0.2) is 38.1 Å². The maximum absolute atomic E-state index is 12.6. The first kappa shape index (κ1) is 18.6. The lowest BCUT2D eigenvalue weighted by atomic mass is 10.3. The van der Waals surface area contributed by atoms with E-state index in [9.17, 15) is 13.6 Å². The molecule has 0 aliphatic rings. The molecule has 4 nitrogen and oxygen atoms in total. The van der Waals surface area contributed by atoms with Crippen LogP contribution in [-0.2, 0) is 9.53 Å². The standard InChI is InChI=1S/C10H18F2N2O2.ClH/c1-2-5-16-6-3-4-9(15)14-8-10(11,12)7-13;/h2H,1,3-8,13H2,(H,14,15);1H. The fourth-order valence-electron chi connectivity index (χ4n) is 0.890. The van der Waals surface area contributed by atoms with Crippen LogP contribution in [0, 0.1) is 0 Å². The van der Waals surface area contributed by atoms with E-state index < -0.39 is 24.9 Å². The van der Waals surface area contributed by atoms with Crippen molar-refractivity contribution in [3.63, 3.8) is 0 Å². The number of hydrogen-bond donors (Lipinski definition) is 2. The van der Waals surface area contributed by atoms with E-state index >= 15 is 0 Å². The molecule has 102 valence electrons. The molecule has 0 saturated carbocycles. The average molecular weight is 273 g/mol. The molecule has 0 aromatic rings.